The molecule has 26 heavy (non-hydrogen) atoms. The molecule has 0 aliphatic carbocycles. The van der Waals surface area contributed by atoms with Gasteiger partial charge in [0.05, 0.1) is 5.70 Å². The summed E-state index contributed by atoms with van der Waals surface area (Å²) < 4.78 is 0. The number of carboxylic acid groups (broad SMARTS) is 1. The minimum atomic E-state index is -1.15. The molecule has 0 fully saturated rings. The lowest BCUT2D eigenvalue weighted by atomic mass is 10.0. The van der Waals surface area contributed by atoms with Crippen molar-refractivity contribution in [3.8, 4) is 0 Å². The summed E-state index contributed by atoms with van der Waals surface area (Å²) in [5, 5.41) is 12.7. The van der Waals surface area contributed by atoms with Crippen LogP contribution in [0.15, 0.2) is 60.7 Å². The number of benzene rings is 2. The number of rotatable bonds is 6. The molecule has 0 spiro atoms. The number of hydrogen-bond acceptors (Lipinski definition) is 4. The highest BCUT2D eigenvalue weighted by Crippen LogP contribution is 2.35. The zero-order valence-corrected chi connectivity index (χ0v) is 14.8. The Kier molecular flexibility index (Phi) is 5.58. The van der Waals surface area contributed by atoms with Gasteiger partial charge in [-0.05, 0) is 36.1 Å². The van der Waals surface area contributed by atoms with Gasteiger partial charge in [0.1, 0.15) is 6.04 Å². The van der Waals surface area contributed by atoms with Gasteiger partial charge in [-0.15, -0.1) is 0 Å². The molecule has 6 heteroatoms. The van der Waals surface area contributed by atoms with Gasteiger partial charge in [-0.2, -0.15) is 0 Å². The van der Waals surface area contributed by atoms with E-state index in [0.29, 0.717) is 5.02 Å². The summed E-state index contributed by atoms with van der Waals surface area (Å²) in [6.07, 6.45) is 2.15. The van der Waals surface area contributed by atoms with Crippen LogP contribution in [-0.4, -0.2) is 16.9 Å². The van der Waals surface area contributed by atoms with Crippen LogP contribution >= 0.6 is 11.6 Å². The molecule has 1 amide bonds. The van der Waals surface area contributed by atoms with Crippen LogP contribution in [0, 0.1) is 0 Å². The third-order valence-corrected chi connectivity index (χ3v) is 4.54. The second-order valence-electron chi connectivity index (χ2n) is 6.01. The lowest BCUT2D eigenvalue weighted by Crippen LogP contribution is -2.39. The third-order valence-electron chi connectivity index (χ3n) is 4.19. The SMILES string of the molecule is O=C([O-])CCCC(=O)N1NC(c2ccccc2)=C[C@@H]1c1ccccc1Cl. The molecule has 0 unspecified atom stereocenters. The van der Waals surface area contributed by atoms with Gasteiger partial charge < -0.3 is 9.90 Å². The molecule has 0 radical (unpaired) electrons. The number of halogens is 1. The quantitative estimate of drug-likeness (QED) is 0.849. The molecule has 1 aliphatic rings. The maximum Gasteiger partial charge on any atom is 0.241 e. The highest BCUT2D eigenvalue weighted by atomic mass is 35.5. The third kappa shape index (κ3) is 4.06. The summed E-state index contributed by atoms with van der Waals surface area (Å²) >= 11 is 6.33. The molecule has 134 valence electrons. The van der Waals surface area contributed by atoms with E-state index < -0.39 is 5.97 Å². The molecule has 0 aromatic heterocycles. The number of nitrogens with one attached hydrogen (secondary N) is 1. The molecular weight excluding hydrogens is 352 g/mol. The van der Waals surface area contributed by atoms with Crippen molar-refractivity contribution in [3.63, 3.8) is 0 Å². The van der Waals surface area contributed by atoms with E-state index in [1.807, 2.05) is 54.6 Å². The largest absolute Gasteiger partial charge is 0.550 e. The standard InChI is InChI=1S/C20H19ClN2O3/c21-16-10-5-4-9-15(16)18-13-17(14-7-2-1-3-8-14)22-23(18)19(24)11-6-12-20(25)26/h1-5,7-10,13,18,22H,6,11-12H2,(H,25,26)/p-1/t18-/m1/s1. The van der Waals surface area contributed by atoms with E-state index in [1.165, 1.54) is 5.01 Å². The molecule has 3 rings (SSSR count). The van der Waals surface area contributed by atoms with E-state index in [-0.39, 0.29) is 31.2 Å². The van der Waals surface area contributed by atoms with Crippen molar-refractivity contribution in [1.29, 1.82) is 0 Å². The molecule has 2 aromatic carbocycles. The van der Waals surface area contributed by atoms with Crippen molar-refractivity contribution >= 4 is 29.2 Å². The Morgan fingerprint density at radius 1 is 1.04 bits per heavy atom. The fraction of sp³-hybridized carbons (Fsp3) is 0.200. The first-order chi connectivity index (χ1) is 12.6. The van der Waals surface area contributed by atoms with Crippen LogP contribution in [0.5, 0.6) is 0 Å². The van der Waals surface area contributed by atoms with Gasteiger partial charge in [-0.3, -0.25) is 10.2 Å². The Bertz CT molecular complexity index is 836. The topological polar surface area (TPSA) is 72.5 Å². The molecule has 0 saturated heterocycles. The maximum absolute atomic E-state index is 12.7. The molecule has 5 nitrogen and oxygen atoms in total. The Balaban J connectivity index is 1.86. The van der Waals surface area contributed by atoms with Gasteiger partial charge in [0.2, 0.25) is 5.91 Å². The number of nitrogens with zero attached hydrogens (tertiary/aromatic N) is 1. The van der Waals surface area contributed by atoms with Crippen LogP contribution in [0.2, 0.25) is 5.02 Å². The predicted molar refractivity (Wildman–Crippen MR) is 97.5 cm³/mol. The van der Waals surface area contributed by atoms with Crippen LogP contribution in [0.3, 0.4) is 0 Å². The van der Waals surface area contributed by atoms with Gasteiger partial charge in [0.25, 0.3) is 0 Å². The average Bonchev–Trinajstić information content (AvgIpc) is 3.08. The lowest BCUT2D eigenvalue weighted by molar-refractivity contribution is -0.305. The summed E-state index contributed by atoms with van der Waals surface area (Å²) in [7, 11) is 0. The molecule has 1 N–H and O–H groups in total. The monoisotopic (exact) mass is 369 g/mol. The van der Waals surface area contributed by atoms with Crippen LogP contribution in [-0.2, 0) is 9.59 Å². The summed E-state index contributed by atoms with van der Waals surface area (Å²) in [6, 6.07) is 16.7. The summed E-state index contributed by atoms with van der Waals surface area (Å²) in [6.45, 7) is 0. The van der Waals surface area contributed by atoms with Crippen molar-refractivity contribution in [3.05, 3.63) is 76.8 Å². The fourth-order valence-corrected chi connectivity index (χ4v) is 3.16. The van der Waals surface area contributed by atoms with Crippen LogP contribution < -0.4 is 10.5 Å². The smallest absolute Gasteiger partial charge is 0.241 e. The van der Waals surface area contributed by atoms with Crippen molar-refractivity contribution < 1.29 is 14.7 Å². The second kappa shape index (κ2) is 8.06. The van der Waals surface area contributed by atoms with Crippen molar-refractivity contribution in [2.75, 3.05) is 0 Å². The van der Waals surface area contributed by atoms with Crippen LogP contribution in [0.1, 0.15) is 36.4 Å². The van der Waals surface area contributed by atoms with Crippen molar-refractivity contribution in [2.45, 2.75) is 25.3 Å². The fourth-order valence-electron chi connectivity index (χ4n) is 2.91. The van der Waals surface area contributed by atoms with E-state index in [2.05, 4.69) is 5.43 Å². The Labute approximate surface area is 156 Å². The maximum atomic E-state index is 12.7. The molecule has 1 heterocycles. The first kappa shape index (κ1) is 18.0. The minimum absolute atomic E-state index is 0.109. The number of amides is 1. The van der Waals surface area contributed by atoms with Gasteiger partial charge in [0, 0.05) is 17.4 Å². The first-order valence-electron chi connectivity index (χ1n) is 8.36. The van der Waals surface area contributed by atoms with Crippen molar-refractivity contribution in [2.24, 2.45) is 0 Å². The molecule has 2 aromatic rings. The summed E-state index contributed by atoms with van der Waals surface area (Å²) in [4.78, 5) is 23.3. The van der Waals surface area contributed by atoms with E-state index in [9.17, 15) is 14.7 Å². The van der Waals surface area contributed by atoms with E-state index in [0.717, 1.165) is 16.8 Å². The summed E-state index contributed by atoms with van der Waals surface area (Å²) in [5.41, 5.74) is 5.71. The van der Waals surface area contributed by atoms with Gasteiger partial charge >= 0.3 is 0 Å². The van der Waals surface area contributed by atoms with E-state index in [1.54, 1.807) is 6.07 Å². The van der Waals surface area contributed by atoms with Gasteiger partial charge in [-0.25, -0.2) is 5.01 Å². The Hall–Kier alpha value is -2.79. The molecule has 1 aliphatic heterocycles. The highest BCUT2D eigenvalue weighted by Gasteiger charge is 2.31. The second-order valence-corrected chi connectivity index (χ2v) is 6.42. The van der Waals surface area contributed by atoms with Gasteiger partial charge in [-0.1, -0.05) is 60.1 Å². The van der Waals surface area contributed by atoms with Crippen molar-refractivity contribution in [1.82, 2.24) is 10.4 Å². The number of carboxylic acids is 1. The Morgan fingerprint density at radius 2 is 1.73 bits per heavy atom. The number of hydrazine groups is 1. The molecular formula is C20H18ClN2O3-. The number of carbonyl (C=O) groups is 2. The number of hydrogen-bond donors (Lipinski definition) is 1. The first-order valence-corrected chi connectivity index (χ1v) is 8.74. The normalized spacial score (nSPS) is 16.1. The Morgan fingerprint density at radius 3 is 2.42 bits per heavy atom. The summed E-state index contributed by atoms with van der Waals surface area (Å²) in [5.74, 6) is -1.35. The number of carbonyl (C=O) groups excluding carboxylic acids is 2. The number of aliphatic carboxylic acids is 1. The predicted octanol–water partition coefficient (Wildman–Crippen LogP) is 2.69. The minimum Gasteiger partial charge on any atom is -0.550 e. The van der Waals surface area contributed by atoms with E-state index in [4.69, 9.17) is 11.6 Å². The highest BCUT2D eigenvalue weighted by molar-refractivity contribution is 6.31. The molecule has 0 saturated carbocycles. The van der Waals surface area contributed by atoms with Gasteiger partial charge in [0.15, 0.2) is 0 Å². The van der Waals surface area contributed by atoms with E-state index >= 15 is 0 Å². The van der Waals surface area contributed by atoms with Crippen LogP contribution in [0.25, 0.3) is 5.70 Å². The zero-order chi connectivity index (χ0) is 18.5. The average molecular weight is 370 g/mol. The zero-order valence-electron chi connectivity index (χ0n) is 14.0. The van der Waals surface area contributed by atoms with Crippen LogP contribution in [0.4, 0.5) is 0 Å². The lowest BCUT2D eigenvalue weighted by Gasteiger charge is -2.26. The molecule has 1 atom stereocenters. The molecule has 0 bridgehead atoms.